The molecule has 7 heteroatoms. The van der Waals surface area contributed by atoms with Crippen LogP contribution in [0.25, 0.3) is 0 Å². The van der Waals surface area contributed by atoms with Gasteiger partial charge in [-0.15, -0.1) is 0 Å². The molecule has 0 bridgehead atoms. The summed E-state index contributed by atoms with van der Waals surface area (Å²) < 4.78 is 5.31. The number of rotatable bonds is 7. The van der Waals surface area contributed by atoms with Crippen molar-refractivity contribution < 1.29 is 14.1 Å². The first-order valence-electron chi connectivity index (χ1n) is 9.20. The van der Waals surface area contributed by atoms with E-state index in [9.17, 15) is 9.59 Å². The number of nitrogens with one attached hydrogen (secondary N) is 1. The summed E-state index contributed by atoms with van der Waals surface area (Å²) in [6.07, 6.45) is 0.328. The molecular weight excluding hydrogens is 344 g/mol. The Morgan fingerprint density at radius 3 is 2.74 bits per heavy atom. The lowest BCUT2D eigenvalue weighted by Crippen LogP contribution is -2.39. The van der Waals surface area contributed by atoms with Crippen molar-refractivity contribution in [2.75, 3.05) is 13.6 Å². The number of benzene rings is 1. The first kappa shape index (κ1) is 19.1. The second-order valence-electron chi connectivity index (χ2n) is 7.35. The molecule has 0 spiro atoms. The Morgan fingerprint density at radius 1 is 1.33 bits per heavy atom. The molecule has 2 heterocycles. The smallest absolute Gasteiger partial charge is 0.273 e. The van der Waals surface area contributed by atoms with Crippen molar-refractivity contribution in [1.82, 2.24) is 20.3 Å². The van der Waals surface area contributed by atoms with Crippen molar-refractivity contribution in [1.29, 1.82) is 0 Å². The number of likely N-dealkylation sites (tertiary alicyclic amines) is 1. The van der Waals surface area contributed by atoms with Gasteiger partial charge in [0.1, 0.15) is 0 Å². The molecule has 3 rings (SSSR count). The van der Waals surface area contributed by atoms with Crippen molar-refractivity contribution in [3.63, 3.8) is 0 Å². The lowest BCUT2D eigenvalue weighted by molar-refractivity contribution is -0.129. The van der Waals surface area contributed by atoms with Crippen LogP contribution in [0.5, 0.6) is 0 Å². The first-order valence-corrected chi connectivity index (χ1v) is 9.20. The van der Waals surface area contributed by atoms with Crippen molar-refractivity contribution in [3.8, 4) is 0 Å². The maximum Gasteiger partial charge on any atom is 0.273 e. The van der Waals surface area contributed by atoms with E-state index in [1.807, 2.05) is 39.1 Å². The molecule has 1 N–H and O–H groups in total. The van der Waals surface area contributed by atoms with E-state index >= 15 is 0 Å². The van der Waals surface area contributed by atoms with Gasteiger partial charge in [0.25, 0.3) is 5.91 Å². The zero-order valence-corrected chi connectivity index (χ0v) is 16.0. The standard InChI is InChI=1S/C20H26N4O3/c1-14(2)24-12-16(9-19(24)25)21-20(26)18-10-17(27-22-18)13-23(3)11-15-7-5-4-6-8-15/h4-8,10,14,16H,9,11-13H2,1-3H3,(H,21,26)/t16-/m0/s1. The summed E-state index contributed by atoms with van der Waals surface area (Å²) in [5.74, 6) is 0.391. The van der Waals surface area contributed by atoms with Gasteiger partial charge in [-0.05, 0) is 26.5 Å². The number of carbonyl (C=O) groups is 2. The van der Waals surface area contributed by atoms with Crippen LogP contribution in [0.1, 0.15) is 42.1 Å². The van der Waals surface area contributed by atoms with Gasteiger partial charge in [0.05, 0.1) is 12.6 Å². The predicted octanol–water partition coefficient (Wildman–Crippen LogP) is 2.05. The van der Waals surface area contributed by atoms with Crippen LogP contribution in [0.2, 0.25) is 0 Å². The SMILES string of the molecule is CC(C)N1C[C@@H](NC(=O)c2cc(CN(C)Cc3ccccc3)on2)CC1=O. The predicted molar refractivity (Wildman–Crippen MR) is 101 cm³/mol. The van der Waals surface area contributed by atoms with E-state index in [4.69, 9.17) is 4.52 Å². The van der Waals surface area contributed by atoms with Gasteiger partial charge < -0.3 is 14.7 Å². The first-order chi connectivity index (χ1) is 12.9. The fourth-order valence-electron chi connectivity index (χ4n) is 3.30. The second-order valence-corrected chi connectivity index (χ2v) is 7.35. The molecule has 1 aliphatic rings. The van der Waals surface area contributed by atoms with Crippen LogP contribution in [0.4, 0.5) is 0 Å². The molecule has 144 valence electrons. The zero-order chi connectivity index (χ0) is 19.4. The van der Waals surface area contributed by atoms with E-state index in [2.05, 4.69) is 27.5 Å². The van der Waals surface area contributed by atoms with Crippen LogP contribution in [0.3, 0.4) is 0 Å². The van der Waals surface area contributed by atoms with Gasteiger partial charge in [0, 0.05) is 31.6 Å². The molecule has 2 aromatic rings. The molecule has 1 fully saturated rings. The summed E-state index contributed by atoms with van der Waals surface area (Å²) in [5, 5.41) is 6.76. The van der Waals surface area contributed by atoms with Crippen molar-refractivity contribution in [2.45, 2.75) is 45.4 Å². The Balaban J connectivity index is 1.52. The van der Waals surface area contributed by atoms with Crippen molar-refractivity contribution in [3.05, 3.63) is 53.4 Å². The summed E-state index contributed by atoms with van der Waals surface area (Å²) in [6.45, 7) is 5.80. The number of hydrogen-bond donors (Lipinski definition) is 1. The van der Waals surface area contributed by atoms with Crippen LogP contribution >= 0.6 is 0 Å². The fourth-order valence-corrected chi connectivity index (χ4v) is 3.30. The van der Waals surface area contributed by atoms with E-state index in [1.54, 1.807) is 11.0 Å². The van der Waals surface area contributed by atoms with Crippen molar-refractivity contribution in [2.24, 2.45) is 0 Å². The van der Waals surface area contributed by atoms with E-state index in [1.165, 1.54) is 5.56 Å². The Kier molecular flexibility index (Phi) is 5.91. The van der Waals surface area contributed by atoms with Gasteiger partial charge in [-0.1, -0.05) is 35.5 Å². The van der Waals surface area contributed by atoms with Crippen LogP contribution < -0.4 is 5.32 Å². The summed E-state index contributed by atoms with van der Waals surface area (Å²) in [5.41, 5.74) is 1.45. The molecule has 1 aliphatic heterocycles. The third-order valence-corrected chi connectivity index (χ3v) is 4.63. The number of carbonyl (C=O) groups excluding carboxylic acids is 2. The molecule has 1 saturated heterocycles. The molecule has 1 atom stereocenters. The van der Waals surface area contributed by atoms with Gasteiger partial charge in [-0.25, -0.2) is 0 Å². The monoisotopic (exact) mass is 370 g/mol. The van der Waals surface area contributed by atoms with Gasteiger partial charge in [0.15, 0.2) is 11.5 Å². The Bertz CT molecular complexity index is 788. The molecule has 7 nitrogen and oxygen atoms in total. The van der Waals surface area contributed by atoms with E-state index < -0.39 is 0 Å². The Morgan fingerprint density at radius 2 is 2.07 bits per heavy atom. The van der Waals surface area contributed by atoms with Crippen molar-refractivity contribution >= 4 is 11.8 Å². The molecule has 1 aromatic carbocycles. The molecule has 2 amide bonds. The summed E-state index contributed by atoms with van der Waals surface area (Å²) in [4.78, 5) is 28.2. The lowest BCUT2D eigenvalue weighted by atomic mass is 10.2. The number of aromatic nitrogens is 1. The minimum atomic E-state index is -0.306. The summed E-state index contributed by atoms with van der Waals surface area (Å²) in [7, 11) is 1.99. The topological polar surface area (TPSA) is 78.7 Å². The maximum atomic E-state index is 12.4. The summed E-state index contributed by atoms with van der Waals surface area (Å²) >= 11 is 0. The number of amides is 2. The Hall–Kier alpha value is -2.67. The highest BCUT2D eigenvalue weighted by Crippen LogP contribution is 2.15. The fraction of sp³-hybridized carbons (Fsp3) is 0.450. The van der Waals surface area contributed by atoms with E-state index in [0.717, 1.165) is 6.54 Å². The van der Waals surface area contributed by atoms with Crippen LogP contribution in [0, 0.1) is 0 Å². The molecule has 0 aliphatic carbocycles. The van der Waals surface area contributed by atoms with Crippen LogP contribution in [-0.4, -0.2) is 52.4 Å². The number of nitrogens with zero attached hydrogens (tertiary/aromatic N) is 3. The third-order valence-electron chi connectivity index (χ3n) is 4.63. The lowest BCUT2D eigenvalue weighted by Gasteiger charge is -2.20. The second kappa shape index (κ2) is 8.35. The highest BCUT2D eigenvalue weighted by Gasteiger charge is 2.32. The average molecular weight is 370 g/mol. The van der Waals surface area contributed by atoms with E-state index in [-0.39, 0.29) is 29.6 Å². The van der Waals surface area contributed by atoms with Gasteiger partial charge in [0.2, 0.25) is 5.91 Å². The van der Waals surface area contributed by atoms with Crippen LogP contribution in [-0.2, 0) is 17.9 Å². The Labute approximate surface area is 159 Å². The zero-order valence-electron chi connectivity index (χ0n) is 16.0. The van der Waals surface area contributed by atoms with Crippen LogP contribution in [0.15, 0.2) is 40.9 Å². The number of hydrogen-bond acceptors (Lipinski definition) is 5. The molecule has 0 saturated carbocycles. The average Bonchev–Trinajstić information content (AvgIpc) is 3.22. The largest absolute Gasteiger partial charge is 0.359 e. The molecule has 0 unspecified atom stereocenters. The molecule has 1 aromatic heterocycles. The maximum absolute atomic E-state index is 12.4. The normalized spacial score (nSPS) is 17.1. The van der Waals surface area contributed by atoms with Gasteiger partial charge in [-0.2, -0.15) is 0 Å². The molecular formula is C20H26N4O3. The third kappa shape index (κ3) is 4.95. The van der Waals surface area contributed by atoms with E-state index in [0.29, 0.717) is 25.3 Å². The van der Waals surface area contributed by atoms with Gasteiger partial charge >= 0.3 is 0 Å². The molecule has 0 radical (unpaired) electrons. The summed E-state index contributed by atoms with van der Waals surface area (Å²) in [6, 6.07) is 11.8. The minimum Gasteiger partial charge on any atom is -0.359 e. The van der Waals surface area contributed by atoms with Gasteiger partial charge in [-0.3, -0.25) is 14.5 Å². The molecule has 27 heavy (non-hydrogen) atoms. The highest BCUT2D eigenvalue weighted by molar-refractivity contribution is 5.93. The highest BCUT2D eigenvalue weighted by atomic mass is 16.5. The quantitative estimate of drug-likeness (QED) is 0.807. The minimum absolute atomic E-state index is 0.0682.